The Morgan fingerprint density at radius 2 is 2.18 bits per heavy atom. The van der Waals surface area contributed by atoms with E-state index in [2.05, 4.69) is 5.32 Å². The van der Waals surface area contributed by atoms with Gasteiger partial charge in [0.25, 0.3) is 0 Å². The van der Waals surface area contributed by atoms with Crippen molar-refractivity contribution in [2.75, 3.05) is 12.4 Å². The summed E-state index contributed by atoms with van der Waals surface area (Å²) < 4.78 is 20.1. The summed E-state index contributed by atoms with van der Waals surface area (Å²) in [6.45, 7) is 0.704. The van der Waals surface area contributed by atoms with Crippen molar-refractivity contribution in [3.63, 3.8) is 0 Å². The molecule has 0 aliphatic rings. The van der Waals surface area contributed by atoms with Gasteiger partial charge in [-0.25, -0.2) is 4.39 Å². The van der Waals surface area contributed by atoms with Crippen molar-refractivity contribution in [3.8, 4) is 5.75 Å². The van der Waals surface area contributed by atoms with E-state index >= 15 is 0 Å². The maximum atomic E-state index is 13.2. The number of nitrogens with zero attached hydrogens (tertiary/aromatic N) is 1. The molecule has 0 bridgehead atoms. The van der Waals surface area contributed by atoms with E-state index in [4.69, 9.17) is 4.74 Å². The summed E-state index contributed by atoms with van der Waals surface area (Å²) in [6, 6.07) is 6.78. The predicted molar refractivity (Wildman–Crippen MR) is 65.7 cm³/mol. The van der Waals surface area contributed by atoms with Crippen LogP contribution < -0.4 is 10.1 Å². The Hall–Kier alpha value is -1.97. The number of halogens is 1. The lowest BCUT2D eigenvalue weighted by Gasteiger charge is -2.07. The first-order chi connectivity index (χ1) is 8.19. The normalized spacial score (nSPS) is 10.3. The highest BCUT2D eigenvalue weighted by atomic mass is 19.1. The Kier molecular flexibility index (Phi) is 3.32. The summed E-state index contributed by atoms with van der Waals surface area (Å²) in [4.78, 5) is 0. The van der Waals surface area contributed by atoms with E-state index in [1.807, 2.05) is 30.1 Å². The second kappa shape index (κ2) is 4.91. The first kappa shape index (κ1) is 11.5. The van der Waals surface area contributed by atoms with E-state index in [1.165, 1.54) is 18.7 Å². The zero-order valence-electron chi connectivity index (χ0n) is 9.90. The van der Waals surface area contributed by atoms with Gasteiger partial charge in [0.05, 0.1) is 7.11 Å². The number of rotatable bonds is 4. The molecule has 17 heavy (non-hydrogen) atoms. The van der Waals surface area contributed by atoms with Crippen molar-refractivity contribution < 1.29 is 9.13 Å². The summed E-state index contributed by atoms with van der Waals surface area (Å²) in [5, 5.41) is 3.22. The first-order valence-electron chi connectivity index (χ1n) is 5.37. The number of anilines is 1. The number of aryl methyl sites for hydroxylation is 1. The quantitative estimate of drug-likeness (QED) is 0.880. The molecule has 3 nitrogen and oxygen atoms in total. The van der Waals surface area contributed by atoms with E-state index in [0.717, 1.165) is 5.69 Å². The smallest absolute Gasteiger partial charge is 0.165 e. The van der Waals surface area contributed by atoms with E-state index < -0.39 is 0 Å². The molecule has 1 aromatic heterocycles. The van der Waals surface area contributed by atoms with Crippen LogP contribution in [0.4, 0.5) is 10.1 Å². The third-order valence-electron chi connectivity index (χ3n) is 2.54. The zero-order valence-corrected chi connectivity index (χ0v) is 9.90. The van der Waals surface area contributed by atoms with Crippen molar-refractivity contribution in [1.29, 1.82) is 0 Å². The number of methoxy groups -OCH3 is 1. The molecule has 1 heterocycles. The average molecular weight is 234 g/mol. The largest absolute Gasteiger partial charge is 0.494 e. The lowest BCUT2D eigenvalue weighted by molar-refractivity contribution is 0.387. The van der Waals surface area contributed by atoms with Crippen molar-refractivity contribution in [3.05, 3.63) is 48.0 Å². The van der Waals surface area contributed by atoms with Gasteiger partial charge in [-0.15, -0.1) is 0 Å². The molecule has 2 rings (SSSR count). The third kappa shape index (κ3) is 2.78. The second-order valence-electron chi connectivity index (χ2n) is 3.89. The van der Waals surface area contributed by atoms with Crippen LogP contribution in [0, 0.1) is 5.82 Å². The van der Waals surface area contributed by atoms with Gasteiger partial charge in [-0.05, 0) is 23.8 Å². The van der Waals surface area contributed by atoms with Crippen LogP contribution in [0.3, 0.4) is 0 Å². The Bertz CT molecular complexity index is 508. The summed E-state index contributed by atoms with van der Waals surface area (Å²) in [5.74, 6) is -0.0965. The Morgan fingerprint density at radius 3 is 2.82 bits per heavy atom. The van der Waals surface area contributed by atoms with Gasteiger partial charge in [-0.2, -0.15) is 0 Å². The third-order valence-corrected chi connectivity index (χ3v) is 2.54. The molecule has 4 heteroatoms. The molecule has 0 fully saturated rings. The van der Waals surface area contributed by atoms with Gasteiger partial charge in [-0.1, -0.05) is 0 Å². The Labute approximate surface area is 99.8 Å². The van der Waals surface area contributed by atoms with Gasteiger partial charge in [0.15, 0.2) is 11.6 Å². The molecule has 0 aliphatic carbocycles. The highest BCUT2D eigenvalue weighted by molar-refractivity contribution is 5.49. The molecule has 1 aromatic carbocycles. The van der Waals surface area contributed by atoms with Gasteiger partial charge < -0.3 is 14.6 Å². The second-order valence-corrected chi connectivity index (χ2v) is 3.89. The minimum atomic E-state index is -0.349. The fourth-order valence-electron chi connectivity index (χ4n) is 1.64. The van der Waals surface area contributed by atoms with E-state index in [1.54, 1.807) is 12.1 Å². The number of benzene rings is 1. The standard InChI is InChI=1S/C13H15FN2O/c1-16-6-5-10(9-16)8-15-11-3-4-12(14)13(7-11)17-2/h3-7,9,15H,8H2,1-2H3. The van der Waals surface area contributed by atoms with E-state index in [9.17, 15) is 4.39 Å². The number of hydrogen-bond acceptors (Lipinski definition) is 2. The highest BCUT2D eigenvalue weighted by Crippen LogP contribution is 2.21. The molecular weight excluding hydrogens is 219 g/mol. The van der Waals surface area contributed by atoms with Gasteiger partial charge in [-0.3, -0.25) is 0 Å². The van der Waals surface area contributed by atoms with Crippen LogP contribution in [0.15, 0.2) is 36.7 Å². The number of hydrogen-bond donors (Lipinski definition) is 1. The fourth-order valence-corrected chi connectivity index (χ4v) is 1.64. The molecule has 0 amide bonds. The molecule has 1 N–H and O–H groups in total. The van der Waals surface area contributed by atoms with Crippen molar-refractivity contribution in [2.24, 2.45) is 7.05 Å². The van der Waals surface area contributed by atoms with Crippen LogP contribution in [0.25, 0.3) is 0 Å². The van der Waals surface area contributed by atoms with E-state index in [-0.39, 0.29) is 11.6 Å². The van der Waals surface area contributed by atoms with Crippen molar-refractivity contribution >= 4 is 5.69 Å². The summed E-state index contributed by atoms with van der Waals surface area (Å²) in [7, 11) is 3.43. The Balaban J connectivity index is 2.04. The average Bonchev–Trinajstić information content (AvgIpc) is 2.74. The Morgan fingerprint density at radius 1 is 1.35 bits per heavy atom. The summed E-state index contributed by atoms with van der Waals surface area (Å²) in [6.07, 6.45) is 4.02. The molecule has 0 saturated heterocycles. The fraction of sp³-hybridized carbons (Fsp3) is 0.231. The molecular formula is C13H15FN2O. The zero-order chi connectivity index (χ0) is 12.3. The molecule has 0 unspecified atom stereocenters. The molecule has 0 atom stereocenters. The van der Waals surface area contributed by atoms with Crippen molar-refractivity contribution in [2.45, 2.75) is 6.54 Å². The molecule has 0 radical (unpaired) electrons. The summed E-state index contributed by atoms with van der Waals surface area (Å²) in [5.41, 5.74) is 2.02. The first-order valence-corrected chi connectivity index (χ1v) is 5.37. The predicted octanol–water partition coefficient (Wildman–Crippen LogP) is 2.78. The highest BCUT2D eigenvalue weighted by Gasteiger charge is 2.03. The van der Waals surface area contributed by atoms with Gasteiger partial charge in [0, 0.05) is 37.7 Å². The number of ether oxygens (including phenoxy) is 1. The van der Waals surface area contributed by atoms with Gasteiger partial charge in [0.2, 0.25) is 0 Å². The lowest BCUT2D eigenvalue weighted by Crippen LogP contribution is -1.99. The number of aromatic nitrogens is 1. The van der Waals surface area contributed by atoms with Crippen LogP contribution in [0.1, 0.15) is 5.56 Å². The molecule has 0 aliphatic heterocycles. The van der Waals surface area contributed by atoms with Crippen LogP contribution in [-0.2, 0) is 13.6 Å². The number of nitrogens with one attached hydrogen (secondary N) is 1. The molecule has 0 saturated carbocycles. The SMILES string of the molecule is COc1cc(NCc2ccn(C)c2)ccc1F. The minimum absolute atomic E-state index is 0.253. The lowest BCUT2D eigenvalue weighted by atomic mass is 10.2. The summed E-state index contributed by atoms with van der Waals surface area (Å²) >= 11 is 0. The van der Waals surface area contributed by atoms with Gasteiger partial charge >= 0.3 is 0 Å². The molecule has 0 spiro atoms. The molecule has 90 valence electrons. The maximum absolute atomic E-state index is 13.2. The monoisotopic (exact) mass is 234 g/mol. The van der Waals surface area contributed by atoms with Crippen LogP contribution in [0.5, 0.6) is 5.75 Å². The van der Waals surface area contributed by atoms with Crippen LogP contribution in [0.2, 0.25) is 0 Å². The van der Waals surface area contributed by atoms with Crippen molar-refractivity contribution in [1.82, 2.24) is 4.57 Å². The van der Waals surface area contributed by atoms with Crippen LogP contribution >= 0.6 is 0 Å². The topological polar surface area (TPSA) is 26.2 Å². The van der Waals surface area contributed by atoms with Gasteiger partial charge in [0.1, 0.15) is 0 Å². The van der Waals surface area contributed by atoms with E-state index in [0.29, 0.717) is 6.54 Å². The van der Waals surface area contributed by atoms with Crippen LogP contribution in [-0.4, -0.2) is 11.7 Å². The molecule has 2 aromatic rings. The minimum Gasteiger partial charge on any atom is -0.494 e. The maximum Gasteiger partial charge on any atom is 0.165 e.